The molecule has 3 heteroatoms. The monoisotopic (exact) mass is 177 g/mol. The predicted molar refractivity (Wildman–Crippen MR) is 49.6 cm³/mol. The first-order valence-corrected chi connectivity index (χ1v) is 5.30. The molecule has 3 rings (SSSR count). The van der Waals surface area contributed by atoms with Crippen molar-refractivity contribution in [3.63, 3.8) is 0 Å². The molecule has 2 heterocycles. The lowest BCUT2D eigenvalue weighted by Crippen LogP contribution is -2.17. The lowest BCUT2D eigenvalue weighted by molar-refractivity contribution is 0.414. The Hall–Kier alpha value is -0.860. The van der Waals surface area contributed by atoms with E-state index in [1.54, 1.807) is 0 Å². The molecule has 0 radical (unpaired) electrons. The van der Waals surface area contributed by atoms with Crippen LogP contribution in [0.15, 0.2) is 0 Å². The van der Waals surface area contributed by atoms with Gasteiger partial charge in [0.25, 0.3) is 0 Å². The topological polar surface area (TPSA) is 30.7 Å². The molecule has 1 aromatic rings. The summed E-state index contributed by atoms with van der Waals surface area (Å²) >= 11 is 0. The van der Waals surface area contributed by atoms with Gasteiger partial charge in [0.2, 0.25) is 0 Å². The third kappa shape index (κ3) is 1.10. The van der Waals surface area contributed by atoms with Crippen molar-refractivity contribution in [1.29, 1.82) is 0 Å². The van der Waals surface area contributed by atoms with Crippen LogP contribution in [0.1, 0.15) is 56.2 Å². The lowest BCUT2D eigenvalue weighted by Gasteiger charge is -2.22. The van der Waals surface area contributed by atoms with Crippen LogP contribution < -0.4 is 0 Å². The molecule has 13 heavy (non-hydrogen) atoms. The van der Waals surface area contributed by atoms with E-state index in [-0.39, 0.29) is 0 Å². The Morgan fingerprint density at radius 2 is 2.08 bits per heavy atom. The maximum atomic E-state index is 4.32. The smallest absolute Gasteiger partial charge is 0.136 e. The fraction of sp³-hybridized carbons (Fsp3) is 0.800. The second kappa shape index (κ2) is 2.56. The van der Waals surface area contributed by atoms with Crippen LogP contribution in [0.25, 0.3) is 0 Å². The largest absolute Gasteiger partial charge is 0.312 e. The highest BCUT2D eigenvalue weighted by Crippen LogP contribution is 2.41. The van der Waals surface area contributed by atoms with Gasteiger partial charge < -0.3 is 4.57 Å². The number of fused-ring (bicyclic) bond motifs is 1. The van der Waals surface area contributed by atoms with Crippen molar-refractivity contribution >= 4 is 0 Å². The Bertz CT molecular complexity index is 325. The Labute approximate surface area is 78.2 Å². The van der Waals surface area contributed by atoms with E-state index < -0.39 is 0 Å². The molecule has 1 aromatic heterocycles. The molecule has 0 aromatic carbocycles. The van der Waals surface area contributed by atoms with Gasteiger partial charge in [0.1, 0.15) is 11.6 Å². The molecule has 0 amide bonds. The van der Waals surface area contributed by atoms with Crippen molar-refractivity contribution in [2.45, 2.75) is 51.0 Å². The standard InChI is InChI=1S/C10H15N3/c1-7-3-2-4-9-11-12-10(13(7)9)8-5-6-8/h7-8H,2-6H2,1H3. The van der Waals surface area contributed by atoms with Crippen molar-refractivity contribution < 1.29 is 0 Å². The number of hydrogen-bond donors (Lipinski definition) is 0. The summed E-state index contributed by atoms with van der Waals surface area (Å²) in [6.07, 6.45) is 6.36. The molecule has 0 bridgehead atoms. The van der Waals surface area contributed by atoms with Crippen molar-refractivity contribution in [2.75, 3.05) is 0 Å². The van der Waals surface area contributed by atoms with E-state index >= 15 is 0 Å². The second-order valence-electron chi connectivity index (χ2n) is 4.36. The van der Waals surface area contributed by atoms with Gasteiger partial charge in [0.05, 0.1) is 0 Å². The summed E-state index contributed by atoms with van der Waals surface area (Å²) in [5, 5.41) is 8.60. The first-order valence-electron chi connectivity index (χ1n) is 5.30. The molecule has 3 nitrogen and oxygen atoms in total. The minimum absolute atomic E-state index is 0.634. The number of aromatic nitrogens is 3. The predicted octanol–water partition coefficient (Wildman–Crippen LogP) is 2.05. The van der Waals surface area contributed by atoms with Crippen molar-refractivity contribution in [3.05, 3.63) is 11.6 Å². The van der Waals surface area contributed by atoms with Crippen LogP contribution in [0.4, 0.5) is 0 Å². The molecule has 70 valence electrons. The average molecular weight is 177 g/mol. The molecule has 1 saturated carbocycles. The van der Waals surface area contributed by atoms with E-state index in [1.165, 1.54) is 37.3 Å². The van der Waals surface area contributed by atoms with E-state index in [2.05, 4.69) is 21.7 Å². The summed E-state index contributed by atoms with van der Waals surface area (Å²) in [7, 11) is 0. The molecule has 0 N–H and O–H groups in total. The summed E-state index contributed by atoms with van der Waals surface area (Å²) in [6, 6.07) is 0.634. The first kappa shape index (κ1) is 7.54. The zero-order valence-electron chi connectivity index (χ0n) is 8.03. The Kier molecular flexibility index (Phi) is 1.49. The Morgan fingerprint density at radius 3 is 2.85 bits per heavy atom. The molecule has 0 spiro atoms. The van der Waals surface area contributed by atoms with Gasteiger partial charge in [-0.15, -0.1) is 10.2 Å². The van der Waals surface area contributed by atoms with Crippen LogP contribution >= 0.6 is 0 Å². The lowest BCUT2D eigenvalue weighted by atomic mass is 10.1. The van der Waals surface area contributed by atoms with Crippen LogP contribution in [0.2, 0.25) is 0 Å². The third-order valence-electron chi connectivity index (χ3n) is 3.20. The van der Waals surface area contributed by atoms with Gasteiger partial charge in [0.15, 0.2) is 0 Å². The number of nitrogens with zero attached hydrogens (tertiary/aromatic N) is 3. The molecule has 1 atom stereocenters. The minimum Gasteiger partial charge on any atom is -0.312 e. The van der Waals surface area contributed by atoms with Crippen LogP contribution in [-0.2, 0) is 6.42 Å². The highest BCUT2D eigenvalue weighted by Gasteiger charge is 2.32. The van der Waals surface area contributed by atoms with Crippen molar-refractivity contribution in [2.24, 2.45) is 0 Å². The fourth-order valence-electron chi connectivity index (χ4n) is 2.29. The maximum absolute atomic E-state index is 4.32. The molecular weight excluding hydrogens is 162 g/mol. The molecule has 1 unspecified atom stereocenters. The summed E-state index contributed by atoms with van der Waals surface area (Å²) < 4.78 is 2.39. The van der Waals surface area contributed by atoms with Gasteiger partial charge >= 0.3 is 0 Å². The fourth-order valence-corrected chi connectivity index (χ4v) is 2.29. The first-order chi connectivity index (χ1) is 6.36. The van der Waals surface area contributed by atoms with E-state index in [9.17, 15) is 0 Å². The van der Waals surface area contributed by atoms with Gasteiger partial charge in [-0.1, -0.05) is 0 Å². The van der Waals surface area contributed by atoms with E-state index in [0.29, 0.717) is 6.04 Å². The molecule has 0 saturated heterocycles. The summed E-state index contributed by atoms with van der Waals surface area (Å²) in [5.41, 5.74) is 0. The minimum atomic E-state index is 0.634. The third-order valence-corrected chi connectivity index (χ3v) is 3.20. The number of hydrogen-bond acceptors (Lipinski definition) is 2. The highest BCUT2D eigenvalue weighted by molar-refractivity contribution is 5.11. The molecule has 2 aliphatic rings. The Balaban J connectivity index is 2.06. The van der Waals surface area contributed by atoms with Crippen LogP contribution in [-0.4, -0.2) is 14.8 Å². The SMILES string of the molecule is CC1CCCc2nnc(C3CC3)n21. The van der Waals surface area contributed by atoms with Gasteiger partial charge in [-0.3, -0.25) is 0 Å². The van der Waals surface area contributed by atoms with Crippen LogP contribution in [0, 0.1) is 0 Å². The normalized spacial score (nSPS) is 27.3. The van der Waals surface area contributed by atoms with Gasteiger partial charge in [-0.2, -0.15) is 0 Å². The summed E-state index contributed by atoms with van der Waals surface area (Å²) in [4.78, 5) is 0. The van der Waals surface area contributed by atoms with Gasteiger partial charge in [-0.25, -0.2) is 0 Å². The molecule has 1 fully saturated rings. The van der Waals surface area contributed by atoms with E-state index in [4.69, 9.17) is 0 Å². The average Bonchev–Trinajstić information content (AvgIpc) is 2.87. The van der Waals surface area contributed by atoms with Gasteiger partial charge in [-0.05, 0) is 32.6 Å². The second-order valence-corrected chi connectivity index (χ2v) is 4.36. The van der Waals surface area contributed by atoms with Gasteiger partial charge in [0, 0.05) is 18.4 Å². The number of aryl methyl sites for hydroxylation is 1. The van der Waals surface area contributed by atoms with Crippen molar-refractivity contribution in [3.8, 4) is 0 Å². The highest BCUT2D eigenvalue weighted by atomic mass is 15.3. The molecule has 1 aliphatic heterocycles. The summed E-state index contributed by atoms with van der Waals surface area (Å²) in [6.45, 7) is 2.29. The maximum Gasteiger partial charge on any atom is 0.136 e. The van der Waals surface area contributed by atoms with Crippen LogP contribution in [0.5, 0.6) is 0 Å². The number of rotatable bonds is 1. The van der Waals surface area contributed by atoms with Crippen molar-refractivity contribution in [1.82, 2.24) is 14.8 Å². The van der Waals surface area contributed by atoms with E-state index in [0.717, 1.165) is 12.3 Å². The van der Waals surface area contributed by atoms with Crippen LogP contribution in [0.3, 0.4) is 0 Å². The quantitative estimate of drug-likeness (QED) is 0.657. The molecular formula is C10H15N3. The Morgan fingerprint density at radius 1 is 1.23 bits per heavy atom. The molecule has 1 aliphatic carbocycles. The summed E-state index contributed by atoms with van der Waals surface area (Å²) in [5.74, 6) is 3.23. The zero-order chi connectivity index (χ0) is 8.84. The zero-order valence-corrected chi connectivity index (χ0v) is 8.03. The van der Waals surface area contributed by atoms with E-state index in [1.807, 2.05) is 0 Å².